The molecule has 2 aromatic carbocycles. The zero-order valence-electron chi connectivity index (χ0n) is 19.0. The zero-order chi connectivity index (χ0) is 23.0. The van der Waals surface area contributed by atoms with E-state index in [4.69, 9.17) is 4.74 Å². The van der Waals surface area contributed by atoms with Crippen LogP contribution in [-0.2, 0) is 0 Å². The van der Waals surface area contributed by atoms with Gasteiger partial charge >= 0.3 is 0 Å². The van der Waals surface area contributed by atoms with E-state index in [2.05, 4.69) is 4.90 Å². The highest BCUT2D eigenvalue weighted by atomic mass is 19.1. The van der Waals surface area contributed by atoms with Crippen LogP contribution in [0.3, 0.4) is 0 Å². The van der Waals surface area contributed by atoms with Gasteiger partial charge in [-0.1, -0.05) is 18.2 Å². The van der Waals surface area contributed by atoms with Gasteiger partial charge in [-0.3, -0.25) is 14.5 Å². The summed E-state index contributed by atoms with van der Waals surface area (Å²) >= 11 is 0. The molecule has 6 nitrogen and oxygen atoms in total. The Labute approximate surface area is 194 Å². The van der Waals surface area contributed by atoms with Crippen LogP contribution in [0.2, 0.25) is 0 Å². The van der Waals surface area contributed by atoms with Crippen LogP contribution in [0.15, 0.2) is 48.5 Å². The standard InChI is InChI=1S/C26H32FN3O3/c27-24-19-22(33-18-6-13-28-11-4-5-12-28)9-10-23(24)25(31)20-29-14-16-30(17-15-29)26(32)21-7-2-1-3-8-21/h1-3,7-10,19H,4-6,11-18,20H2. The second kappa shape index (κ2) is 11.4. The maximum absolute atomic E-state index is 14.6. The molecule has 7 heteroatoms. The second-order valence-electron chi connectivity index (χ2n) is 8.75. The number of amides is 1. The minimum absolute atomic E-state index is 0.00337. The summed E-state index contributed by atoms with van der Waals surface area (Å²) in [5, 5.41) is 0. The van der Waals surface area contributed by atoms with Crippen molar-refractivity contribution in [2.24, 2.45) is 0 Å². The molecule has 2 aliphatic heterocycles. The first-order valence-corrected chi connectivity index (χ1v) is 11.8. The van der Waals surface area contributed by atoms with E-state index in [1.165, 1.54) is 25.0 Å². The van der Waals surface area contributed by atoms with Gasteiger partial charge in [0, 0.05) is 44.4 Å². The van der Waals surface area contributed by atoms with E-state index in [1.54, 1.807) is 11.0 Å². The van der Waals surface area contributed by atoms with Crippen LogP contribution in [0, 0.1) is 5.82 Å². The molecule has 4 rings (SSSR count). The molecule has 2 heterocycles. The Morgan fingerprint density at radius 2 is 1.61 bits per heavy atom. The fourth-order valence-corrected chi connectivity index (χ4v) is 4.46. The van der Waals surface area contributed by atoms with Crippen molar-refractivity contribution >= 4 is 11.7 Å². The van der Waals surface area contributed by atoms with Crippen molar-refractivity contribution in [3.8, 4) is 5.75 Å². The number of hydrogen-bond donors (Lipinski definition) is 0. The van der Waals surface area contributed by atoms with Crippen molar-refractivity contribution < 1.29 is 18.7 Å². The van der Waals surface area contributed by atoms with Crippen molar-refractivity contribution in [1.82, 2.24) is 14.7 Å². The predicted molar refractivity (Wildman–Crippen MR) is 125 cm³/mol. The van der Waals surface area contributed by atoms with E-state index >= 15 is 0 Å². The molecule has 1 amide bonds. The molecule has 0 spiro atoms. The molecule has 2 aromatic rings. The summed E-state index contributed by atoms with van der Waals surface area (Å²) in [6.07, 6.45) is 3.44. The summed E-state index contributed by atoms with van der Waals surface area (Å²) in [6, 6.07) is 13.7. The Morgan fingerprint density at radius 3 is 2.30 bits per heavy atom. The van der Waals surface area contributed by atoms with Gasteiger partial charge in [0.15, 0.2) is 5.78 Å². The van der Waals surface area contributed by atoms with E-state index in [-0.39, 0.29) is 23.8 Å². The number of halogens is 1. The van der Waals surface area contributed by atoms with Crippen molar-refractivity contribution in [2.75, 3.05) is 59.0 Å². The molecule has 0 unspecified atom stereocenters. The van der Waals surface area contributed by atoms with Gasteiger partial charge < -0.3 is 14.5 Å². The van der Waals surface area contributed by atoms with E-state index in [0.29, 0.717) is 44.1 Å². The fraction of sp³-hybridized carbons (Fsp3) is 0.462. The second-order valence-corrected chi connectivity index (χ2v) is 8.75. The van der Waals surface area contributed by atoms with Gasteiger partial charge in [0.05, 0.1) is 18.7 Å². The number of Topliss-reactive ketones (excluding diaryl/α,β-unsaturated/α-hetero) is 1. The third kappa shape index (κ3) is 6.39. The van der Waals surface area contributed by atoms with Crippen LogP contribution >= 0.6 is 0 Å². The molecule has 2 aliphatic rings. The van der Waals surface area contributed by atoms with Gasteiger partial charge in [-0.2, -0.15) is 0 Å². The molecule has 2 saturated heterocycles. The Bertz CT molecular complexity index is 939. The number of piperazine rings is 1. The highest BCUT2D eigenvalue weighted by molar-refractivity contribution is 5.98. The summed E-state index contributed by atoms with van der Waals surface area (Å²) < 4.78 is 20.3. The highest BCUT2D eigenvalue weighted by Crippen LogP contribution is 2.19. The number of carbonyl (C=O) groups excluding carboxylic acids is 2. The Hall–Kier alpha value is -2.77. The molecule has 0 atom stereocenters. The zero-order valence-corrected chi connectivity index (χ0v) is 19.0. The number of ether oxygens (including phenoxy) is 1. The summed E-state index contributed by atoms with van der Waals surface area (Å²) in [5.74, 6) is -0.340. The minimum atomic E-state index is -0.546. The first kappa shape index (κ1) is 23.4. The molecule has 0 aromatic heterocycles. The molecule has 0 N–H and O–H groups in total. The Morgan fingerprint density at radius 1 is 0.879 bits per heavy atom. The lowest BCUT2D eigenvalue weighted by molar-refractivity contribution is 0.0624. The summed E-state index contributed by atoms with van der Waals surface area (Å²) in [6.45, 7) is 6.27. The molecule has 0 saturated carbocycles. The third-order valence-corrected chi connectivity index (χ3v) is 6.37. The van der Waals surface area contributed by atoms with Crippen LogP contribution in [0.1, 0.15) is 40.0 Å². The average molecular weight is 454 g/mol. The molecule has 0 bridgehead atoms. The lowest BCUT2D eigenvalue weighted by Crippen LogP contribution is -2.49. The summed E-state index contributed by atoms with van der Waals surface area (Å²) in [4.78, 5) is 31.4. The predicted octanol–water partition coefficient (Wildman–Crippen LogP) is 3.33. The van der Waals surface area contributed by atoms with Gasteiger partial charge in [0.25, 0.3) is 5.91 Å². The number of benzene rings is 2. The first-order valence-electron chi connectivity index (χ1n) is 11.8. The molecule has 0 radical (unpaired) electrons. The number of carbonyl (C=O) groups is 2. The molecular weight excluding hydrogens is 421 g/mol. The van der Waals surface area contributed by atoms with E-state index in [0.717, 1.165) is 26.1 Å². The van der Waals surface area contributed by atoms with Crippen molar-refractivity contribution in [2.45, 2.75) is 19.3 Å². The minimum Gasteiger partial charge on any atom is -0.493 e. The highest BCUT2D eigenvalue weighted by Gasteiger charge is 2.24. The topological polar surface area (TPSA) is 53.1 Å². The van der Waals surface area contributed by atoms with Crippen molar-refractivity contribution in [3.05, 3.63) is 65.5 Å². The smallest absolute Gasteiger partial charge is 0.253 e. The lowest BCUT2D eigenvalue weighted by atomic mass is 10.1. The third-order valence-electron chi connectivity index (χ3n) is 6.37. The number of ketones is 1. The number of likely N-dealkylation sites (tertiary alicyclic amines) is 1. The lowest BCUT2D eigenvalue weighted by Gasteiger charge is -2.34. The van der Waals surface area contributed by atoms with E-state index in [9.17, 15) is 14.0 Å². The van der Waals surface area contributed by atoms with Gasteiger partial charge in [-0.25, -0.2) is 4.39 Å². The molecule has 176 valence electrons. The number of hydrogen-bond acceptors (Lipinski definition) is 5. The first-order chi connectivity index (χ1) is 16.1. The quantitative estimate of drug-likeness (QED) is 0.431. The Balaban J connectivity index is 1.22. The van der Waals surface area contributed by atoms with Crippen LogP contribution < -0.4 is 4.74 Å². The van der Waals surface area contributed by atoms with Gasteiger partial charge in [0.1, 0.15) is 11.6 Å². The maximum Gasteiger partial charge on any atom is 0.253 e. The monoisotopic (exact) mass is 453 g/mol. The van der Waals surface area contributed by atoms with Crippen LogP contribution in [0.25, 0.3) is 0 Å². The van der Waals surface area contributed by atoms with E-state index < -0.39 is 5.82 Å². The van der Waals surface area contributed by atoms with Gasteiger partial charge in [0.2, 0.25) is 0 Å². The van der Waals surface area contributed by atoms with Crippen molar-refractivity contribution in [1.29, 1.82) is 0 Å². The van der Waals surface area contributed by atoms with Gasteiger partial charge in [-0.15, -0.1) is 0 Å². The van der Waals surface area contributed by atoms with Crippen LogP contribution in [0.5, 0.6) is 5.75 Å². The van der Waals surface area contributed by atoms with Gasteiger partial charge in [-0.05, 0) is 56.6 Å². The van der Waals surface area contributed by atoms with Crippen molar-refractivity contribution in [3.63, 3.8) is 0 Å². The van der Waals surface area contributed by atoms with Crippen LogP contribution in [0.4, 0.5) is 4.39 Å². The fourth-order valence-electron chi connectivity index (χ4n) is 4.46. The SMILES string of the molecule is O=C(CN1CCN(C(=O)c2ccccc2)CC1)c1ccc(OCCCN2CCCC2)cc1F. The maximum atomic E-state index is 14.6. The average Bonchev–Trinajstić information content (AvgIpc) is 3.36. The normalized spacial score (nSPS) is 17.3. The number of rotatable bonds is 9. The largest absolute Gasteiger partial charge is 0.493 e. The number of nitrogens with zero attached hydrogens (tertiary/aromatic N) is 3. The molecular formula is C26H32FN3O3. The molecule has 33 heavy (non-hydrogen) atoms. The van der Waals surface area contributed by atoms with Crippen LogP contribution in [-0.4, -0.2) is 85.4 Å². The molecule has 0 aliphatic carbocycles. The Kier molecular flexibility index (Phi) is 8.07. The summed E-state index contributed by atoms with van der Waals surface area (Å²) in [5.41, 5.74) is 0.754. The van der Waals surface area contributed by atoms with E-state index in [1.807, 2.05) is 35.2 Å². The summed E-state index contributed by atoms with van der Waals surface area (Å²) in [7, 11) is 0. The molecule has 2 fully saturated rings.